The van der Waals surface area contributed by atoms with Gasteiger partial charge in [0.25, 0.3) is 0 Å². The number of nitrogens with one attached hydrogen (secondary N) is 1. The summed E-state index contributed by atoms with van der Waals surface area (Å²) in [6.07, 6.45) is 22.5. The Hall–Kier alpha value is -2.16. The number of allylic oxidation sites excluding steroid dienone is 2. The number of benzene rings is 1. The van der Waals surface area contributed by atoms with Crippen LogP contribution in [0.4, 0.5) is 0 Å². The Balaban J connectivity index is 1.29. The van der Waals surface area contributed by atoms with Gasteiger partial charge in [-0.1, -0.05) is 121 Å². The quantitative estimate of drug-likeness (QED) is 0.188. The van der Waals surface area contributed by atoms with E-state index >= 15 is 0 Å². The Bertz CT molecular complexity index is 965. The molecule has 1 aliphatic rings. The lowest BCUT2D eigenvalue weighted by atomic mass is 9.85. The van der Waals surface area contributed by atoms with Crippen LogP contribution in [0.5, 0.6) is 0 Å². The molecule has 1 aromatic heterocycles. The van der Waals surface area contributed by atoms with E-state index in [1.807, 2.05) is 31.2 Å². The Morgan fingerprint density at radius 2 is 1.15 bits per heavy atom. The summed E-state index contributed by atoms with van der Waals surface area (Å²) in [4.78, 5) is 28.7. The number of carbonyl (C=O) groups excluding carboxylic acids is 2. The van der Waals surface area contributed by atoms with Crippen molar-refractivity contribution >= 4 is 28.0 Å². The van der Waals surface area contributed by atoms with Crippen molar-refractivity contribution in [3.63, 3.8) is 0 Å². The van der Waals surface area contributed by atoms with Crippen molar-refractivity contribution in [1.29, 1.82) is 0 Å². The smallest absolute Gasteiger partial charge is 0.235 e. The predicted octanol–water partition coefficient (Wildman–Crippen LogP) is 9.36. The third-order valence-electron chi connectivity index (χ3n) is 7.51. The number of hydrogen-bond donors (Lipinski definition) is 1. The molecule has 0 unspecified atom stereocenters. The zero-order chi connectivity index (χ0) is 24.2. The summed E-state index contributed by atoms with van der Waals surface area (Å²) in [7, 11) is 0. The first-order chi connectivity index (χ1) is 16.6. The third kappa shape index (κ3) is 7.17. The number of ketones is 2. The van der Waals surface area contributed by atoms with Crippen LogP contribution in [0.25, 0.3) is 16.5 Å². The number of unbranched alkanes of at least 4 members (excludes halogenated alkanes) is 15. The lowest BCUT2D eigenvalue weighted by molar-refractivity contribution is -0.111. The summed E-state index contributed by atoms with van der Waals surface area (Å²) in [5.74, 6) is -0.690. The first-order valence-electron chi connectivity index (χ1n) is 14.0. The van der Waals surface area contributed by atoms with Crippen LogP contribution in [0.2, 0.25) is 0 Å². The van der Waals surface area contributed by atoms with Gasteiger partial charge in [-0.15, -0.1) is 0 Å². The lowest BCUT2D eigenvalue weighted by Gasteiger charge is -2.17. The molecule has 34 heavy (non-hydrogen) atoms. The molecule has 1 N–H and O–H groups in total. The van der Waals surface area contributed by atoms with Gasteiger partial charge in [0.1, 0.15) is 0 Å². The van der Waals surface area contributed by atoms with Gasteiger partial charge in [0, 0.05) is 16.5 Å². The molecule has 3 nitrogen and oxygen atoms in total. The molecule has 3 rings (SSSR count). The van der Waals surface area contributed by atoms with Crippen LogP contribution in [0, 0.1) is 0 Å². The second-order valence-electron chi connectivity index (χ2n) is 10.2. The molecule has 186 valence electrons. The van der Waals surface area contributed by atoms with E-state index in [1.165, 1.54) is 96.3 Å². The van der Waals surface area contributed by atoms with E-state index in [9.17, 15) is 9.59 Å². The highest BCUT2D eigenvalue weighted by atomic mass is 16.2. The van der Waals surface area contributed by atoms with Crippen LogP contribution in [-0.4, -0.2) is 16.6 Å². The van der Waals surface area contributed by atoms with Gasteiger partial charge in [0.05, 0.1) is 11.3 Å². The molecule has 2 aromatic rings. The SMILES string of the molecule is CCCCCCCCCCCCCCCCCCC1=C(C)C(=O)C(=O)c2c1[nH]c1ccccc21. The molecule has 1 aliphatic carbocycles. The van der Waals surface area contributed by atoms with Crippen LogP contribution in [0.15, 0.2) is 29.8 Å². The van der Waals surface area contributed by atoms with Gasteiger partial charge in [0.2, 0.25) is 11.6 Å². The molecule has 0 spiro atoms. The number of aromatic nitrogens is 1. The molecule has 1 heterocycles. The Kier molecular flexibility index (Phi) is 11.1. The van der Waals surface area contributed by atoms with Gasteiger partial charge in [-0.25, -0.2) is 0 Å². The first-order valence-corrected chi connectivity index (χ1v) is 14.0. The van der Waals surface area contributed by atoms with Crippen LogP contribution in [0.1, 0.15) is 139 Å². The first kappa shape index (κ1) is 26.4. The maximum absolute atomic E-state index is 12.7. The summed E-state index contributed by atoms with van der Waals surface area (Å²) < 4.78 is 0. The summed E-state index contributed by atoms with van der Waals surface area (Å²) in [6, 6.07) is 7.80. The highest BCUT2D eigenvalue weighted by Crippen LogP contribution is 2.36. The molecule has 3 heteroatoms. The van der Waals surface area contributed by atoms with Crippen molar-refractivity contribution < 1.29 is 9.59 Å². The fourth-order valence-corrected chi connectivity index (χ4v) is 5.37. The third-order valence-corrected chi connectivity index (χ3v) is 7.51. The van der Waals surface area contributed by atoms with Gasteiger partial charge in [-0.05, 0) is 31.4 Å². The monoisotopic (exact) mass is 463 g/mol. The van der Waals surface area contributed by atoms with Crippen molar-refractivity contribution in [3.05, 3.63) is 41.1 Å². The fraction of sp³-hybridized carbons (Fsp3) is 0.613. The molecule has 0 saturated carbocycles. The maximum Gasteiger partial charge on any atom is 0.235 e. The van der Waals surface area contributed by atoms with E-state index < -0.39 is 0 Å². The number of para-hydroxylation sites is 1. The molecular formula is C31H45NO2. The number of Topliss-reactive ketones (excluding diaryl/α,β-unsaturated/α-hetero) is 2. The van der Waals surface area contributed by atoms with E-state index in [2.05, 4.69) is 11.9 Å². The van der Waals surface area contributed by atoms with Gasteiger partial charge in [-0.3, -0.25) is 9.59 Å². The topological polar surface area (TPSA) is 49.9 Å². The molecule has 0 radical (unpaired) electrons. The van der Waals surface area contributed by atoms with Gasteiger partial charge in [-0.2, -0.15) is 0 Å². The Morgan fingerprint density at radius 3 is 1.71 bits per heavy atom. The Labute approximate surface area is 206 Å². The molecule has 0 saturated heterocycles. The van der Waals surface area contributed by atoms with Gasteiger partial charge >= 0.3 is 0 Å². The van der Waals surface area contributed by atoms with E-state index in [0.29, 0.717) is 11.1 Å². The normalized spacial score (nSPS) is 13.8. The van der Waals surface area contributed by atoms with E-state index in [4.69, 9.17) is 0 Å². The van der Waals surface area contributed by atoms with Crippen molar-refractivity contribution in [1.82, 2.24) is 4.98 Å². The molecule has 0 atom stereocenters. The Morgan fingerprint density at radius 1 is 0.647 bits per heavy atom. The average molecular weight is 464 g/mol. The standard InChI is InChI=1S/C31H45NO2/c1-3-4-5-6-7-8-9-10-11-12-13-14-15-16-17-18-21-25-24(2)30(33)31(34)28-26-22-19-20-23-27(26)32-29(25)28/h19-20,22-23,32H,3-18,21H2,1-2H3. The minimum absolute atomic E-state index is 0.330. The summed E-state index contributed by atoms with van der Waals surface area (Å²) in [5.41, 5.74) is 4.07. The highest BCUT2D eigenvalue weighted by Gasteiger charge is 2.33. The van der Waals surface area contributed by atoms with E-state index in [-0.39, 0.29) is 11.6 Å². The molecule has 0 aliphatic heterocycles. The minimum Gasteiger partial charge on any atom is -0.354 e. The summed E-state index contributed by atoms with van der Waals surface area (Å²) in [6.45, 7) is 4.10. The van der Waals surface area contributed by atoms with E-state index in [0.717, 1.165) is 35.0 Å². The zero-order valence-electron chi connectivity index (χ0n) is 21.6. The van der Waals surface area contributed by atoms with Gasteiger partial charge < -0.3 is 4.98 Å². The number of H-pyrrole nitrogens is 1. The number of aromatic amines is 1. The van der Waals surface area contributed by atoms with Crippen LogP contribution < -0.4 is 0 Å². The largest absolute Gasteiger partial charge is 0.354 e. The van der Waals surface area contributed by atoms with Crippen LogP contribution >= 0.6 is 0 Å². The van der Waals surface area contributed by atoms with Crippen LogP contribution in [0.3, 0.4) is 0 Å². The minimum atomic E-state index is -0.360. The fourth-order valence-electron chi connectivity index (χ4n) is 5.37. The van der Waals surface area contributed by atoms with Gasteiger partial charge in [0.15, 0.2) is 0 Å². The zero-order valence-corrected chi connectivity index (χ0v) is 21.6. The average Bonchev–Trinajstić information content (AvgIpc) is 3.23. The maximum atomic E-state index is 12.7. The van der Waals surface area contributed by atoms with Crippen molar-refractivity contribution in [2.75, 3.05) is 0 Å². The molecule has 0 bridgehead atoms. The second-order valence-corrected chi connectivity index (χ2v) is 10.2. The number of rotatable bonds is 17. The van der Waals surface area contributed by atoms with Crippen LogP contribution in [-0.2, 0) is 4.79 Å². The molecule has 0 amide bonds. The molecule has 0 fully saturated rings. The number of hydrogen-bond acceptors (Lipinski definition) is 2. The summed E-state index contributed by atoms with van der Waals surface area (Å²) in [5, 5.41) is 0.868. The van der Waals surface area contributed by atoms with Crippen molar-refractivity contribution in [2.24, 2.45) is 0 Å². The van der Waals surface area contributed by atoms with Crippen molar-refractivity contribution in [3.8, 4) is 0 Å². The lowest BCUT2D eigenvalue weighted by Crippen LogP contribution is -2.22. The summed E-state index contributed by atoms with van der Waals surface area (Å²) >= 11 is 0. The number of fused-ring (bicyclic) bond motifs is 3. The second kappa shape index (κ2) is 14.3. The van der Waals surface area contributed by atoms with Crippen molar-refractivity contribution in [2.45, 2.75) is 123 Å². The highest BCUT2D eigenvalue weighted by molar-refractivity contribution is 6.54. The predicted molar refractivity (Wildman–Crippen MR) is 144 cm³/mol. The molecular weight excluding hydrogens is 418 g/mol. The van der Waals surface area contributed by atoms with E-state index in [1.54, 1.807) is 0 Å². The molecule has 1 aromatic carbocycles. The number of carbonyl (C=O) groups is 2.